The molecule has 0 aliphatic rings. The molecule has 1 heterocycles. The summed E-state index contributed by atoms with van der Waals surface area (Å²) in [6.45, 7) is 0.564. The van der Waals surface area contributed by atoms with Crippen molar-refractivity contribution in [2.24, 2.45) is 0 Å². The van der Waals surface area contributed by atoms with Crippen LogP contribution in [0.5, 0.6) is 5.75 Å². The van der Waals surface area contributed by atoms with Crippen molar-refractivity contribution in [1.29, 1.82) is 0 Å². The van der Waals surface area contributed by atoms with Crippen molar-refractivity contribution in [2.75, 3.05) is 19.4 Å². The Morgan fingerprint density at radius 2 is 2.10 bits per heavy atom. The summed E-state index contributed by atoms with van der Waals surface area (Å²) in [5, 5.41) is 2.88. The first-order chi connectivity index (χ1) is 10.2. The van der Waals surface area contributed by atoms with Gasteiger partial charge in [-0.1, -0.05) is 18.2 Å². The van der Waals surface area contributed by atoms with Crippen molar-refractivity contribution < 1.29 is 9.53 Å². The highest BCUT2D eigenvalue weighted by Crippen LogP contribution is 2.17. The lowest BCUT2D eigenvalue weighted by molar-refractivity contribution is -0.120. The summed E-state index contributed by atoms with van der Waals surface area (Å²) in [5.74, 6) is 0.786. The maximum Gasteiger partial charge on any atom is 0.226 e. The number of anilines is 1. The number of rotatable bonds is 6. The number of para-hydroxylation sites is 1. The third-order valence-electron chi connectivity index (χ3n) is 3.10. The molecule has 0 saturated carbocycles. The fourth-order valence-electron chi connectivity index (χ4n) is 2.01. The van der Waals surface area contributed by atoms with E-state index in [1.807, 2.05) is 24.3 Å². The van der Waals surface area contributed by atoms with Crippen LogP contribution in [0, 0.1) is 0 Å². The number of nitrogens with one attached hydrogen (secondary N) is 1. The van der Waals surface area contributed by atoms with Crippen molar-refractivity contribution in [2.45, 2.75) is 12.8 Å². The summed E-state index contributed by atoms with van der Waals surface area (Å²) in [5.41, 5.74) is 7.93. The minimum Gasteiger partial charge on any atom is -0.496 e. The molecule has 0 bridgehead atoms. The van der Waals surface area contributed by atoms with Crippen molar-refractivity contribution in [1.82, 2.24) is 10.3 Å². The molecule has 2 aromatic rings. The Morgan fingerprint density at radius 1 is 1.29 bits per heavy atom. The summed E-state index contributed by atoms with van der Waals surface area (Å²) in [7, 11) is 1.64. The van der Waals surface area contributed by atoms with E-state index in [2.05, 4.69) is 10.3 Å². The summed E-state index contributed by atoms with van der Waals surface area (Å²) < 4.78 is 5.28. The molecule has 0 aliphatic heterocycles. The molecule has 0 aliphatic carbocycles. The quantitative estimate of drug-likeness (QED) is 0.844. The van der Waals surface area contributed by atoms with Gasteiger partial charge in [-0.05, 0) is 30.2 Å². The van der Waals surface area contributed by atoms with Gasteiger partial charge in [-0.15, -0.1) is 0 Å². The van der Waals surface area contributed by atoms with Gasteiger partial charge in [-0.3, -0.25) is 9.78 Å². The van der Waals surface area contributed by atoms with Crippen LogP contribution in [0.2, 0.25) is 0 Å². The average molecular weight is 285 g/mol. The van der Waals surface area contributed by atoms with E-state index >= 15 is 0 Å². The number of ether oxygens (including phenoxy) is 1. The second-order valence-corrected chi connectivity index (χ2v) is 4.67. The van der Waals surface area contributed by atoms with Crippen molar-refractivity contribution in [3.8, 4) is 5.75 Å². The molecule has 5 nitrogen and oxygen atoms in total. The number of carbonyl (C=O) groups excluding carboxylic acids is 1. The Hall–Kier alpha value is -2.56. The Balaban J connectivity index is 1.80. The molecule has 1 aromatic heterocycles. The lowest BCUT2D eigenvalue weighted by Crippen LogP contribution is -2.27. The highest BCUT2D eigenvalue weighted by atomic mass is 16.5. The topological polar surface area (TPSA) is 77.2 Å². The van der Waals surface area contributed by atoms with E-state index in [0.29, 0.717) is 17.9 Å². The zero-order valence-corrected chi connectivity index (χ0v) is 12.0. The molecular weight excluding hydrogens is 266 g/mol. The maximum absolute atomic E-state index is 11.8. The number of nitrogen functional groups attached to an aromatic ring is 1. The molecule has 1 amide bonds. The molecule has 0 radical (unpaired) electrons. The minimum absolute atomic E-state index is 0.0535. The highest BCUT2D eigenvalue weighted by molar-refractivity contribution is 5.78. The van der Waals surface area contributed by atoms with Crippen molar-refractivity contribution >= 4 is 11.6 Å². The van der Waals surface area contributed by atoms with Crippen LogP contribution in [0.1, 0.15) is 11.3 Å². The summed E-state index contributed by atoms with van der Waals surface area (Å²) in [6, 6.07) is 11.3. The predicted molar refractivity (Wildman–Crippen MR) is 82.1 cm³/mol. The largest absolute Gasteiger partial charge is 0.496 e. The van der Waals surface area contributed by atoms with Gasteiger partial charge in [-0.25, -0.2) is 0 Å². The Morgan fingerprint density at radius 3 is 2.81 bits per heavy atom. The smallest absolute Gasteiger partial charge is 0.226 e. The number of hydrogen-bond acceptors (Lipinski definition) is 4. The lowest BCUT2D eigenvalue weighted by Gasteiger charge is -2.09. The number of nitrogens with two attached hydrogens (primary N) is 1. The number of nitrogens with zero attached hydrogens (tertiary/aromatic N) is 1. The number of carbonyl (C=O) groups is 1. The van der Waals surface area contributed by atoms with Gasteiger partial charge in [0.25, 0.3) is 0 Å². The first-order valence-electron chi connectivity index (χ1n) is 6.78. The van der Waals surface area contributed by atoms with Gasteiger partial charge >= 0.3 is 0 Å². The molecule has 2 rings (SSSR count). The SMILES string of the molecule is COc1ccccc1CCNC(=O)Cc1ccc(N)cn1. The van der Waals surface area contributed by atoms with E-state index in [9.17, 15) is 4.79 Å². The molecule has 1 aromatic carbocycles. The first kappa shape index (κ1) is 14.8. The van der Waals surface area contributed by atoms with Gasteiger partial charge in [0.2, 0.25) is 5.91 Å². The van der Waals surface area contributed by atoms with Crippen LogP contribution in [-0.4, -0.2) is 24.5 Å². The Labute approximate surface area is 124 Å². The number of pyridine rings is 1. The first-order valence-corrected chi connectivity index (χ1v) is 6.78. The van der Waals surface area contributed by atoms with Crippen LogP contribution in [0.3, 0.4) is 0 Å². The molecule has 21 heavy (non-hydrogen) atoms. The Kier molecular flexibility index (Phi) is 5.15. The summed E-state index contributed by atoms with van der Waals surface area (Å²) >= 11 is 0. The average Bonchev–Trinajstić information content (AvgIpc) is 2.50. The molecular formula is C16H19N3O2. The zero-order chi connectivity index (χ0) is 15.1. The molecule has 110 valence electrons. The van der Waals surface area contributed by atoms with Gasteiger partial charge in [0.1, 0.15) is 5.75 Å². The van der Waals surface area contributed by atoms with Crippen molar-refractivity contribution in [3.63, 3.8) is 0 Å². The number of hydrogen-bond donors (Lipinski definition) is 2. The van der Waals surface area contributed by atoms with Crippen LogP contribution in [-0.2, 0) is 17.6 Å². The third kappa shape index (κ3) is 4.49. The van der Waals surface area contributed by atoms with Gasteiger partial charge in [0.15, 0.2) is 0 Å². The van der Waals surface area contributed by atoms with Crippen LogP contribution in [0.4, 0.5) is 5.69 Å². The van der Waals surface area contributed by atoms with Gasteiger partial charge in [-0.2, -0.15) is 0 Å². The molecule has 3 N–H and O–H groups in total. The van der Waals surface area contributed by atoms with E-state index in [1.54, 1.807) is 25.4 Å². The fraction of sp³-hybridized carbons (Fsp3) is 0.250. The number of aromatic nitrogens is 1. The lowest BCUT2D eigenvalue weighted by atomic mass is 10.1. The second kappa shape index (κ2) is 7.28. The summed E-state index contributed by atoms with van der Waals surface area (Å²) in [6.07, 6.45) is 2.54. The normalized spacial score (nSPS) is 10.1. The molecule has 0 spiro atoms. The van der Waals surface area contributed by atoms with Crippen LogP contribution >= 0.6 is 0 Å². The second-order valence-electron chi connectivity index (χ2n) is 4.67. The van der Waals surface area contributed by atoms with E-state index in [4.69, 9.17) is 10.5 Å². The van der Waals surface area contributed by atoms with Gasteiger partial charge in [0, 0.05) is 12.2 Å². The van der Waals surface area contributed by atoms with E-state index in [-0.39, 0.29) is 12.3 Å². The Bertz CT molecular complexity index is 597. The molecule has 0 saturated heterocycles. The maximum atomic E-state index is 11.8. The fourth-order valence-corrected chi connectivity index (χ4v) is 2.01. The van der Waals surface area contributed by atoms with E-state index < -0.39 is 0 Å². The predicted octanol–water partition coefficient (Wildman–Crippen LogP) is 1.57. The van der Waals surface area contributed by atoms with Crippen LogP contribution in [0.25, 0.3) is 0 Å². The molecule has 0 fully saturated rings. The van der Waals surface area contributed by atoms with E-state index in [0.717, 1.165) is 17.7 Å². The van der Waals surface area contributed by atoms with Gasteiger partial charge < -0.3 is 15.8 Å². The van der Waals surface area contributed by atoms with Crippen LogP contribution < -0.4 is 15.8 Å². The molecule has 5 heteroatoms. The third-order valence-corrected chi connectivity index (χ3v) is 3.10. The summed E-state index contributed by atoms with van der Waals surface area (Å²) in [4.78, 5) is 15.9. The highest BCUT2D eigenvalue weighted by Gasteiger charge is 2.05. The standard InChI is InChI=1S/C16H19N3O2/c1-21-15-5-3-2-4-12(15)8-9-18-16(20)10-14-7-6-13(17)11-19-14/h2-7,11H,8-10,17H2,1H3,(H,18,20). The monoisotopic (exact) mass is 285 g/mol. The molecule has 0 atom stereocenters. The number of methoxy groups -OCH3 is 1. The number of benzene rings is 1. The zero-order valence-electron chi connectivity index (χ0n) is 12.0. The van der Waals surface area contributed by atoms with Crippen molar-refractivity contribution in [3.05, 3.63) is 53.9 Å². The minimum atomic E-state index is -0.0535. The molecule has 0 unspecified atom stereocenters. The number of amides is 1. The van der Waals surface area contributed by atoms with Crippen LogP contribution in [0.15, 0.2) is 42.6 Å². The van der Waals surface area contributed by atoms with Gasteiger partial charge in [0.05, 0.1) is 25.4 Å². The van der Waals surface area contributed by atoms with E-state index in [1.165, 1.54) is 0 Å².